The number of anilines is 1. The topological polar surface area (TPSA) is 85.8 Å². The Morgan fingerprint density at radius 3 is 2.76 bits per heavy atom. The molecule has 0 saturated heterocycles. The number of hydrogen-bond donors (Lipinski definition) is 1. The summed E-state index contributed by atoms with van der Waals surface area (Å²) in [5, 5.41) is 4.29. The van der Waals surface area contributed by atoms with Gasteiger partial charge in [0.05, 0.1) is 0 Å². The number of rotatable bonds is 5. The smallest absolute Gasteiger partial charge is 0.410 e. The lowest BCUT2D eigenvalue weighted by Crippen LogP contribution is -2.39. The van der Waals surface area contributed by atoms with Gasteiger partial charge < -0.3 is 15.4 Å². The average Bonchev–Trinajstić information content (AvgIpc) is 2.80. The molecule has 0 fully saturated rings. The van der Waals surface area contributed by atoms with Gasteiger partial charge in [0.1, 0.15) is 17.4 Å². The van der Waals surface area contributed by atoms with Crippen molar-refractivity contribution in [1.82, 2.24) is 19.5 Å². The summed E-state index contributed by atoms with van der Waals surface area (Å²) in [6, 6.07) is 2.00. The van der Waals surface area contributed by atoms with E-state index in [1.54, 1.807) is 9.42 Å². The van der Waals surface area contributed by atoms with Crippen molar-refractivity contribution in [3.63, 3.8) is 0 Å². The SMILES string of the molecule is CCN(CC(C)Cc1cc(Br)c2c(N)ncnn12)C(=O)OC(C)(C)C. The number of halogens is 1. The minimum absolute atomic E-state index is 0.230. The van der Waals surface area contributed by atoms with Crippen molar-refractivity contribution in [2.75, 3.05) is 18.8 Å². The van der Waals surface area contributed by atoms with Crippen molar-refractivity contribution in [2.24, 2.45) is 5.92 Å². The lowest BCUT2D eigenvalue weighted by atomic mass is 10.1. The first kappa shape index (κ1) is 19.5. The van der Waals surface area contributed by atoms with Gasteiger partial charge in [-0.1, -0.05) is 6.92 Å². The zero-order valence-corrected chi connectivity index (χ0v) is 17.0. The maximum absolute atomic E-state index is 12.3. The van der Waals surface area contributed by atoms with Gasteiger partial charge >= 0.3 is 6.09 Å². The molecule has 1 amide bonds. The molecule has 25 heavy (non-hydrogen) atoms. The summed E-state index contributed by atoms with van der Waals surface area (Å²) >= 11 is 3.51. The maximum Gasteiger partial charge on any atom is 0.410 e. The van der Waals surface area contributed by atoms with Gasteiger partial charge in [0, 0.05) is 23.3 Å². The third kappa shape index (κ3) is 4.84. The lowest BCUT2D eigenvalue weighted by Gasteiger charge is -2.28. The number of aromatic nitrogens is 3. The molecule has 138 valence electrons. The van der Waals surface area contributed by atoms with Crippen LogP contribution in [-0.4, -0.2) is 44.3 Å². The zero-order valence-electron chi connectivity index (χ0n) is 15.4. The monoisotopic (exact) mass is 411 g/mol. The highest BCUT2D eigenvalue weighted by Crippen LogP contribution is 2.26. The van der Waals surface area contributed by atoms with Crippen LogP contribution in [0.1, 0.15) is 40.3 Å². The fourth-order valence-electron chi connectivity index (χ4n) is 2.69. The van der Waals surface area contributed by atoms with Crippen LogP contribution < -0.4 is 5.73 Å². The van der Waals surface area contributed by atoms with Crippen LogP contribution in [0, 0.1) is 5.92 Å². The Balaban J connectivity index is 2.10. The number of amides is 1. The largest absolute Gasteiger partial charge is 0.444 e. The summed E-state index contributed by atoms with van der Waals surface area (Å²) in [5.74, 6) is 0.665. The van der Waals surface area contributed by atoms with Crippen LogP contribution in [0.2, 0.25) is 0 Å². The Morgan fingerprint density at radius 1 is 1.48 bits per heavy atom. The van der Waals surface area contributed by atoms with Crippen molar-refractivity contribution in [3.8, 4) is 0 Å². The highest BCUT2D eigenvalue weighted by Gasteiger charge is 2.23. The van der Waals surface area contributed by atoms with Crippen molar-refractivity contribution in [3.05, 3.63) is 22.6 Å². The fraction of sp³-hybridized carbons (Fsp3) is 0.588. The van der Waals surface area contributed by atoms with Gasteiger partial charge in [-0.05, 0) is 62.0 Å². The second-order valence-electron chi connectivity index (χ2n) is 7.22. The molecule has 2 rings (SSSR count). The fourth-order valence-corrected chi connectivity index (χ4v) is 3.32. The number of carbonyl (C=O) groups excluding carboxylic acids is 1. The number of nitrogens with two attached hydrogens (primary N) is 1. The Morgan fingerprint density at radius 2 is 2.16 bits per heavy atom. The molecule has 0 radical (unpaired) electrons. The number of fused-ring (bicyclic) bond motifs is 1. The van der Waals surface area contributed by atoms with Crippen LogP contribution >= 0.6 is 15.9 Å². The number of nitrogens with zero attached hydrogens (tertiary/aromatic N) is 4. The number of hydrogen-bond acceptors (Lipinski definition) is 5. The van der Waals surface area contributed by atoms with Crippen LogP contribution in [0.25, 0.3) is 5.52 Å². The van der Waals surface area contributed by atoms with E-state index < -0.39 is 5.60 Å². The first-order valence-electron chi connectivity index (χ1n) is 8.37. The molecule has 2 aromatic heterocycles. The third-order valence-electron chi connectivity index (χ3n) is 3.73. The van der Waals surface area contributed by atoms with Crippen LogP contribution in [-0.2, 0) is 11.2 Å². The molecule has 1 unspecified atom stereocenters. The first-order valence-corrected chi connectivity index (χ1v) is 9.16. The molecule has 0 aromatic carbocycles. The summed E-state index contributed by atoms with van der Waals surface area (Å²) in [4.78, 5) is 18.0. The minimum Gasteiger partial charge on any atom is -0.444 e. The van der Waals surface area contributed by atoms with Crippen molar-refractivity contribution >= 4 is 33.4 Å². The van der Waals surface area contributed by atoms with Crippen molar-refractivity contribution < 1.29 is 9.53 Å². The van der Waals surface area contributed by atoms with Crippen LogP contribution in [0.5, 0.6) is 0 Å². The molecule has 0 aliphatic carbocycles. The molecule has 2 aromatic rings. The van der Waals surface area contributed by atoms with Crippen LogP contribution in [0.4, 0.5) is 10.6 Å². The molecule has 2 N–H and O–H groups in total. The molecule has 1 atom stereocenters. The van der Waals surface area contributed by atoms with E-state index >= 15 is 0 Å². The van der Waals surface area contributed by atoms with Gasteiger partial charge in [0.2, 0.25) is 0 Å². The Kier molecular flexibility index (Phi) is 5.92. The van der Waals surface area contributed by atoms with Gasteiger partial charge in [0.25, 0.3) is 0 Å². The molecule has 0 aliphatic rings. The summed E-state index contributed by atoms with van der Waals surface area (Å²) in [5.41, 5.74) is 7.22. The van der Waals surface area contributed by atoms with Gasteiger partial charge in [-0.25, -0.2) is 14.3 Å². The molecular formula is C17H26BrN5O2. The normalized spacial score (nSPS) is 13.0. The summed E-state index contributed by atoms with van der Waals surface area (Å²) in [6.45, 7) is 10.9. The Bertz CT molecular complexity index is 753. The predicted molar refractivity (Wildman–Crippen MR) is 101 cm³/mol. The van der Waals surface area contributed by atoms with E-state index in [2.05, 4.69) is 32.9 Å². The minimum atomic E-state index is -0.495. The van der Waals surface area contributed by atoms with E-state index in [-0.39, 0.29) is 12.0 Å². The molecule has 7 nitrogen and oxygen atoms in total. The highest BCUT2D eigenvalue weighted by atomic mass is 79.9. The first-order chi connectivity index (χ1) is 11.6. The number of carbonyl (C=O) groups is 1. The Hall–Kier alpha value is -1.83. The molecular weight excluding hydrogens is 386 g/mol. The van der Waals surface area contributed by atoms with Crippen molar-refractivity contribution in [2.45, 2.75) is 46.6 Å². The Labute approximate surface area is 156 Å². The molecule has 0 spiro atoms. The van der Waals surface area contributed by atoms with Gasteiger partial charge in [-0.15, -0.1) is 0 Å². The maximum atomic E-state index is 12.3. The third-order valence-corrected chi connectivity index (χ3v) is 4.34. The predicted octanol–water partition coefficient (Wildman–Crippen LogP) is 3.51. The standard InChI is InChI=1S/C17H26BrN5O2/c1-6-22(16(24)25-17(3,4)5)9-11(2)7-12-8-13(18)14-15(19)20-10-21-23(12)14/h8,10-11H,6-7,9H2,1-5H3,(H2,19,20,21). The second kappa shape index (κ2) is 7.59. The second-order valence-corrected chi connectivity index (χ2v) is 8.07. The summed E-state index contributed by atoms with van der Waals surface area (Å²) in [7, 11) is 0. The average molecular weight is 412 g/mol. The van der Waals surface area contributed by atoms with Gasteiger partial charge in [0.15, 0.2) is 5.82 Å². The van der Waals surface area contributed by atoms with E-state index in [1.807, 2.05) is 33.8 Å². The van der Waals surface area contributed by atoms with Crippen LogP contribution in [0.3, 0.4) is 0 Å². The van der Waals surface area contributed by atoms with E-state index in [9.17, 15) is 4.79 Å². The van der Waals surface area contributed by atoms with Crippen molar-refractivity contribution in [1.29, 1.82) is 0 Å². The quantitative estimate of drug-likeness (QED) is 0.812. The van der Waals surface area contributed by atoms with Crippen LogP contribution in [0.15, 0.2) is 16.9 Å². The lowest BCUT2D eigenvalue weighted by molar-refractivity contribution is 0.0235. The molecule has 2 heterocycles. The summed E-state index contributed by atoms with van der Waals surface area (Å²) in [6.07, 6.45) is 1.92. The molecule has 8 heteroatoms. The van der Waals surface area contributed by atoms with E-state index in [0.29, 0.717) is 18.9 Å². The molecule has 0 saturated carbocycles. The zero-order chi connectivity index (χ0) is 18.8. The van der Waals surface area contributed by atoms with Gasteiger partial charge in [-0.3, -0.25) is 0 Å². The van der Waals surface area contributed by atoms with E-state index in [4.69, 9.17) is 10.5 Å². The molecule has 0 bridgehead atoms. The number of ether oxygens (including phenoxy) is 1. The summed E-state index contributed by atoms with van der Waals surface area (Å²) < 4.78 is 8.14. The van der Waals surface area contributed by atoms with E-state index in [0.717, 1.165) is 22.1 Å². The highest BCUT2D eigenvalue weighted by molar-refractivity contribution is 9.10. The molecule has 0 aliphatic heterocycles. The van der Waals surface area contributed by atoms with Gasteiger partial charge in [-0.2, -0.15) is 5.10 Å². The number of nitrogen functional groups attached to an aromatic ring is 1. The van der Waals surface area contributed by atoms with E-state index in [1.165, 1.54) is 6.33 Å².